The second kappa shape index (κ2) is 5.27. The minimum atomic E-state index is -0.307. The fraction of sp³-hybridized carbons (Fsp3) is 0.267. The summed E-state index contributed by atoms with van der Waals surface area (Å²) in [6.07, 6.45) is 4.41. The van der Waals surface area contributed by atoms with Crippen molar-refractivity contribution < 1.29 is 4.39 Å². The van der Waals surface area contributed by atoms with Crippen molar-refractivity contribution in [3.05, 3.63) is 64.7 Å². The van der Waals surface area contributed by atoms with Gasteiger partial charge in [0.15, 0.2) is 0 Å². The Morgan fingerprint density at radius 1 is 1.33 bits per heavy atom. The smallest absolute Gasteiger partial charge is 0.126 e. The van der Waals surface area contributed by atoms with E-state index in [9.17, 15) is 4.39 Å². The van der Waals surface area contributed by atoms with Gasteiger partial charge in [0, 0.05) is 12.4 Å². The quantitative estimate of drug-likeness (QED) is 0.900. The van der Waals surface area contributed by atoms with E-state index in [2.05, 4.69) is 11.9 Å². The van der Waals surface area contributed by atoms with Crippen LogP contribution in [0.3, 0.4) is 0 Å². The topological polar surface area (TPSA) is 38.9 Å². The Bertz CT molecular complexity index is 552. The van der Waals surface area contributed by atoms with Gasteiger partial charge in [-0.05, 0) is 47.7 Å². The van der Waals surface area contributed by atoms with E-state index >= 15 is 0 Å². The maximum absolute atomic E-state index is 13.6. The summed E-state index contributed by atoms with van der Waals surface area (Å²) >= 11 is 0. The number of hydrogen-bond acceptors (Lipinski definition) is 2. The lowest BCUT2D eigenvalue weighted by atomic mass is 9.95. The van der Waals surface area contributed by atoms with E-state index in [1.54, 1.807) is 19.2 Å². The molecule has 0 saturated heterocycles. The van der Waals surface area contributed by atoms with Gasteiger partial charge in [0.1, 0.15) is 5.82 Å². The van der Waals surface area contributed by atoms with Crippen LogP contribution in [-0.2, 0) is 6.42 Å². The van der Waals surface area contributed by atoms with Gasteiger partial charge in [0.25, 0.3) is 0 Å². The largest absolute Gasteiger partial charge is 0.320 e. The minimum absolute atomic E-state index is 0.213. The molecule has 1 atom stereocenters. The molecule has 1 aromatic carbocycles. The zero-order valence-corrected chi connectivity index (χ0v) is 10.7. The van der Waals surface area contributed by atoms with Crippen LogP contribution in [0.4, 0.5) is 4.39 Å². The molecule has 3 heteroatoms. The lowest BCUT2D eigenvalue weighted by Gasteiger charge is -2.16. The van der Waals surface area contributed by atoms with Crippen molar-refractivity contribution in [1.29, 1.82) is 0 Å². The van der Waals surface area contributed by atoms with Crippen LogP contribution >= 0.6 is 0 Å². The molecule has 0 amide bonds. The van der Waals surface area contributed by atoms with Crippen LogP contribution in [0.2, 0.25) is 0 Å². The number of nitrogens with two attached hydrogens (primary N) is 1. The number of pyridine rings is 1. The molecular weight excluding hydrogens is 227 g/mol. The van der Waals surface area contributed by atoms with Crippen LogP contribution in [0.25, 0.3) is 0 Å². The predicted octanol–water partition coefficient (Wildman–Crippen LogP) is 3.14. The van der Waals surface area contributed by atoms with Gasteiger partial charge < -0.3 is 5.73 Å². The molecule has 0 aliphatic carbocycles. The van der Waals surface area contributed by atoms with Crippen molar-refractivity contribution in [1.82, 2.24) is 4.98 Å². The Hall–Kier alpha value is -1.74. The van der Waals surface area contributed by atoms with Gasteiger partial charge in [-0.1, -0.05) is 19.1 Å². The maximum Gasteiger partial charge on any atom is 0.126 e. The van der Waals surface area contributed by atoms with Gasteiger partial charge in [0.05, 0.1) is 6.04 Å². The Labute approximate surface area is 107 Å². The summed E-state index contributed by atoms with van der Waals surface area (Å²) in [5.41, 5.74) is 9.76. The molecule has 94 valence electrons. The van der Waals surface area contributed by atoms with Crippen LogP contribution in [0.15, 0.2) is 36.7 Å². The van der Waals surface area contributed by atoms with E-state index in [1.165, 1.54) is 6.07 Å². The molecule has 18 heavy (non-hydrogen) atoms. The third-order valence-corrected chi connectivity index (χ3v) is 3.21. The maximum atomic E-state index is 13.6. The highest BCUT2D eigenvalue weighted by molar-refractivity contribution is 5.36. The van der Waals surface area contributed by atoms with E-state index in [0.29, 0.717) is 5.56 Å². The molecule has 2 N–H and O–H groups in total. The molecule has 0 bridgehead atoms. The summed E-state index contributed by atoms with van der Waals surface area (Å²) in [4.78, 5) is 4.09. The summed E-state index contributed by atoms with van der Waals surface area (Å²) < 4.78 is 13.6. The number of rotatable bonds is 3. The Balaban J connectivity index is 2.41. The molecule has 0 aliphatic heterocycles. The van der Waals surface area contributed by atoms with Crippen LogP contribution in [0.1, 0.15) is 35.2 Å². The van der Waals surface area contributed by atoms with E-state index in [0.717, 1.165) is 23.1 Å². The van der Waals surface area contributed by atoms with Crippen molar-refractivity contribution in [3.8, 4) is 0 Å². The van der Waals surface area contributed by atoms with Crippen LogP contribution in [-0.4, -0.2) is 4.98 Å². The van der Waals surface area contributed by atoms with E-state index < -0.39 is 0 Å². The molecule has 0 saturated carbocycles. The van der Waals surface area contributed by atoms with Crippen molar-refractivity contribution in [2.45, 2.75) is 26.3 Å². The third kappa shape index (κ3) is 2.41. The zero-order chi connectivity index (χ0) is 13.1. The summed E-state index contributed by atoms with van der Waals surface area (Å²) in [5.74, 6) is -0.213. The Kier molecular flexibility index (Phi) is 3.72. The van der Waals surface area contributed by atoms with E-state index in [-0.39, 0.29) is 11.9 Å². The van der Waals surface area contributed by atoms with Gasteiger partial charge in [-0.3, -0.25) is 4.98 Å². The summed E-state index contributed by atoms with van der Waals surface area (Å²) in [5, 5.41) is 0. The number of aromatic nitrogens is 1. The van der Waals surface area contributed by atoms with E-state index in [1.807, 2.05) is 18.3 Å². The zero-order valence-electron chi connectivity index (χ0n) is 10.7. The highest BCUT2D eigenvalue weighted by atomic mass is 19.1. The van der Waals surface area contributed by atoms with Gasteiger partial charge in [0.2, 0.25) is 0 Å². The SMILES string of the molecule is CCc1cnccc1C(N)c1ccc(C)c(F)c1. The lowest BCUT2D eigenvalue weighted by Crippen LogP contribution is -2.14. The van der Waals surface area contributed by atoms with Crippen LogP contribution in [0, 0.1) is 12.7 Å². The van der Waals surface area contributed by atoms with Crippen molar-refractivity contribution in [2.75, 3.05) is 0 Å². The molecule has 1 aromatic heterocycles. The molecular formula is C15H17FN2. The second-order valence-electron chi connectivity index (χ2n) is 4.41. The number of halogens is 1. The first-order valence-corrected chi connectivity index (χ1v) is 6.08. The third-order valence-electron chi connectivity index (χ3n) is 3.21. The molecule has 1 heterocycles. The van der Waals surface area contributed by atoms with Crippen molar-refractivity contribution in [3.63, 3.8) is 0 Å². The molecule has 0 fully saturated rings. The van der Waals surface area contributed by atoms with Crippen LogP contribution in [0.5, 0.6) is 0 Å². The van der Waals surface area contributed by atoms with Gasteiger partial charge in [-0.2, -0.15) is 0 Å². The minimum Gasteiger partial charge on any atom is -0.320 e. The molecule has 1 unspecified atom stereocenters. The molecule has 0 aliphatic rings. The number of nitrogens with zero attached hydrogens (tertiary/aromatic N) is 1. The first-order valence-electron chi connectivity index (χ1n) is 6.08. The van der Waals surface area contributed by atoms with E-state index in [4.69, 9.17) is 5.73 Å². The summed E-state index contributed by atoms with van der Waals surface area (Å²) in [7, 11) is 0. The molecule has 2 aromatic rings. The average molecular weight is 244 g/mol. The van der Waals surface area contributed by atoms with Gasteiger partial charge in [-0.25, -0.2) is 4.39 Å². The monoisotopic (exact) mass is 244 g/mol. The fourth-order valence-electron chi connectivity index (χ4n) is 2.02. The number of aryl methyl sites for hydroxylation is 2. The normalized spacial score (nSPS) is 12.4. The average Bonchev–Trinajstić information content (AvgIpc) is 2.41. The molecule has 2 nitrogen and oxygen atoms in total. The second-order valence-corrected chi connectivity index (χ2v) is 4.41. The molecule has 2 rings (SSSR count). The molecule has 0 radical (unpaired) electrons. The van der Waals surface area contributed by atoms with Gasteiger partial charge in [-0.15, -0.1) is 0 Å². The van der Waals surface area contributed by atoms with Gasteiger partial charge >= 0.3 is 0 Å². The fourth-order valence-corrected chi connectivity index (χ4v) is 2.02. The standard InChI is InChI=1S/C15H17FN2/c1-3-11-9-18-7-6-13(11)15(17)12-5-4-10(2)14(16)8-12/h4-9,15H,3,17H2,1-2H3. The predicted molar refractivity (Wildman–Crippen MR) is 70.8 cm³/mol. The molecule has 0 spiro atoms. The first kappa shape index (κ1) is 12.7. The summed E-state index contributed by atoms with van der Waals surface area (Å²) in [6.45, 7) is 3.80. The first-order chi connectivity index (χ1) is 8.63. The lowest BCUT2D eigenvalue weighted by molar-refractivity contribution is 0.614. The number of benzene rings is 1. The Morgan fingerprint density at radius 3 is 2.78 bits per heavy atom. The number of hydrogen-bond donors (Lipinski definition) is 1. The van der Waals surface area contributed by atoms with Crippen LogP contribution < -0.4 is 5.73 Å². The highest BCUT2D eigenvalue weighted by Crippen LogP contribution is 2.24. The Morgan fingerprint density at radius 2 is 2.11 bits per heavy atom. The summed E-state index contributed by atoms with van der Waals surface area (Å²) in [6, 6.07) is 6.75. The van der Waals surface area contributed by atoms with Crippen molar-refractivity contribution in [2.24, 2.45) is 5.73 Å². The highest BCUT2D eigenvalue weighted by Gasteiger charge is 2.13. The van der Waals surface area contributed by atoms with Crippen molar-refractivity contribution >= 4 is 0 Å².